The Bertz CT molecular complexity index is 740. The Morgan fingerprint density at radius 3 is 2.79 bits per heavy atom. The molecular weight excluding hydrogens is 262 g/mol. The number of carbonyl (C=O) groups is 1. The highest BCUT2D eigenvalue weighted by Crippen LogP contribution is 2.35. The molecular formula is C13H9N3O2S. The molecule has 3 aromatic rings. The maximum absolute atomic E-state index is 11.3. The van der Waals surface area contributed by atoms with Gasteiger partial charge in [0.15, 0.2) is 0 Å². The summed E-state index contributed by atoms with van der Waals surface area (Å²) < 4.78 is 0. The predicted molar refractivity (Wildman–Crippen MR) is 74.1 cm³/mol. The molecule has 0 fully saturated rings. The lowest BCUT2D eigenvalue weighted by Crippen LogP contribution is -1.98. The van der Waals surface area contributed by atoms with Crippen molar-refractivity contribution in [1.29, 1.82) is 0 Å². The van der Waals surface area contributed by atoms with Crippen LogP contribution in [-0.4, -0.2) is 21.0 Å². The van der Waals surface area contributed by atoms with Crippen molar-refractivity contribution in [3.63, 3.8) is 0 Å². The molecule has 0 amide bonds. The van der Waals surface area contributed by atoms with E-state index in [0.29, 0.717) is 15.9 Å². The summed E-state index contributed by atoms with van der Waals surface area (Å²) in [5.41, 5.74) is 1.37. The highest BCUT2D eigenvalue weighted by atomic mass is 32.1. The number of anilines is 2. The number of aromatic carboxylic acids is 1. The maximum Gasteiger partial charge on any atom is 0.348 e. The summed E-state index contributed by atoms with van der Waals surface area (Å²) in [6.07, 6.45) is 3.04. The standard InChI is InChI=1S/C13H9N3O2S/c17-13(18)11-10(16-8-4-2-1-3-5-8)9-6-14-7-15-12(9)19-11/h1-7,16H,(H,17,18). The third kappa shape index (κ3) is 2.13. The Morgan fingerprint density at radius 2 is 2.05 bits per heavy atom. The first kappa shape index (κ1) is 11.6. The average Bonchev–Trinajstić information content (AvgIpc) is 2.79. The minimum Gasteiger partial charge on any atom is -0.477 e. The van der Waals surface area contributed by atoms with Gasteiger partial charge in [-0.1, -0.05) is 18.2 Å². The van der Waals surface area contributed by atoms with Crippen LogP contribution in [0.1, 0.15) is 9.67 Å². The number of nitrogens with zero attached hydrogens (tertiary/aromatic N) is 2. The van der Waals surface area contributed by atoms with Crippen LogP contribution >= 0.6 is 11.3 Å². The molecule has 3 rings (SSSR count). The van der Waals surface area contributed by atoms with Crippen molar-refractivity contribution in [3.8, 4) is 0 Å². The quantitative estimate of drug-likeness (QED) is 0.765. The fourth-order valence-corrected chi connectivity index (χ4v) is 2.69. The highest BCUT2D eigenvalue weighted by molar-refractivity contribution is 7.21. The lowest BCUT2D eigenvalue weighted by Gasteiger charge is -2.05. The topological polar surface area (TPSA) is 75.1 Å². The van der Waals surface area contributed by atoms with E-state index in [1.54, 1.807) is 6.20 Å². The van der Waals surface area contributed by atoms with Crippen LogP contribution in [0.5, 0.6) is 0 Å². The predicted octanol–water partition coefficient (Wildman–Crippen LogP) is 3.13. The van der Waals surface area contributed by atoms with Gasteiger partial charge in [-0.3, -0.25) is 0 Å². The molecule has 0 saturated carbocycles. The maximum atomic E-state index is 11.3. The zero-order chi connectivity index (χ0) is 13.2. The van der Waals surface area contributed by atoms with Crippen molar-refractivity contribution in [3.05, 3.63) is 47.7 Å². The molecule has 0 spiro atoms. The van der Waals surface area contributed by atoms with Gasteiger partial charge >= 0.3 is 5.97 Å². The second-order valence-electron chi connectivity index (χ2n) is 3.84. The molecule has 0 saturated heterocycles. The van der Waals surface area contributed by atoms with Crippen molar-refractivity contribution in [2.75, 3.05) is 5.32 Å². The zero-order valence-corrected chi connectivity index (χ0v) is 10.5. The lowest BCUT2D eigenvalue weighted by molar-refractivity contribution is 0.0703. The Kier molecular flexibility index (Phi) is 2.85. The van der Waals surface area contributed by atoms with E-state index in [1.807, 2.05) is 30.3 Å². The van der Waals surface area contributed by atoms with Crippen LogP contribution in [-0.2, 0) is 0 Å². The molecule has 5 nitrogen and oxygen atoms in total. The second kappa shape index (κ2) is 4.66. The molecule has 2 aromatic heterocycles. The van der Waals surface area contributed by atoms with Gasteiger partial charge < -0.3 is 10.4 Å². The Balaban J connectivity index is 2.15. The van der Waals surface area contributed by atoms with Crippen LogP contribution in [0.2, 0.25) is 0 Å². The molecule has 0 unspecified atom stereocenters. The molecule has 2 heterocycles. The molecule has 19 heavy (non-hydrogen) atoms. The first-order valence-electron chi connectivity index (χ1n) is 5.53. The molecule has 0 atom stereocenters. The van der Waals surface area contributed by atoms with E-state index in [4.69, 9.17) is 0 Å². The third-order valence-electron chi connectivity index (χ3n) is 2.61. The summed E-state index contributed by atoms with van der Waals surface area (Å²) in [5.74, 6) is -0.971. The van der Waals surface area contributed by atoms with Gasteiger partial charge in [-0.15, -0.1) is 11.3 Å². The Morgan fingerprint density at radius 1 is 1.26 bits per heavy atom. The average molecular weight is 271 g/mol. The molecule has 0 aliphatic rings. The Hall–Kier alpha value is -2.47. The summed E-state index contributed by atoms with van der Waals surface area (Å²) in [5, 5.41) is 13.1. The number of nitrogens with one attached hydrogen (secondary N) is 1. The van der Waals surface area contributed by atoms with Crippen LogP contribution in [0.25, 0.3) is 10.2 Å². The van der Waals surface area contributed by atoms with Crippen molar-refractivity contribution in [1.82, 2.24) is 9.97 Å². The van der Waals surface area contributed by atoms with Gasteiger partial charge in [0.05, 0.1) is 11.1 Å². The van der Waals surface area contributed by atoms with E-state index in [1.165, 1.54) is 6.33 Å². The van der Waals surface area contributed by atoms with Crippen molar-refractivity contribution >= 4 is 38.9 Å². The molecule has 1 aromatic carbocycles. The summed E-state index contributed by atoms with van der Waals surface area (Å²) in [7, 11) is 0. The molecule has 0 aliphatic heterocycles. The van der Waals surface area contributed by atoms with E-state index >= 15 is 0 Å². The smallest absolute Gasteiger partial charge is 0.348 e. The number of fused-ring (bicyclic) bond motifs is 1. The van der Waals surface area contributed by atoms with Crippen molar-refractivity contribution < 1.29 is 9.90 Å². The molecule has 94 valence electrons. The third-order valence-corrected chi connectivity index (χ3v) is 3.71. The van der Waals surface area contributed by atoms with Gasteiger partial charge in [-0.05, 0) is 12.1 Å². The largest absolute Gasteiger partial charge is 0.477 e. The molecule has 0 bridgehead atoms. The number of hydrogen-bond donors (Lipinski definition) is 2. The number of carboxylic acids is 1. The van der Waals surface area contributed by atoms with E-state index in [9.17, 15) is 9.90 Å². The van der Waals surface area contributed by atoms with E-state index in [2.05, 4.69) is 15.3 Å². The summed E-state index contributed by atoms with van der Waals surface area (Å²) >= 11 is 1.14. The highest BCUT2D eigenvalue weighted by Gasteiger charge is 2.18. The molecule has 0 aliphatic carbocycles. The van der Waals surface area contributed by atoms with Crippen LogP contribution in [0.15, 0.2) is 42.9 Å². The van der Waals surface area contributed by atoms with Gasteiger partial charge in [-0.2, -0.15) is 0 Å². The number of thiophene rings is 1. The summed E-state index contributed by atoms with van der Waals surface area (Å²) in [6, 6.07) is 9.41. The monoisotopic (exact) mass is 271 g/mol. The fourth-order valence-electron chi connectivity index (χ4n) is 1.78. The van der Waals surface area contributed by atoms with Crippen LogP contribution in [0, 0.1) is 0 Å². The number of rotatable bonds is 3. The normalized spacial score (nSPS) is 10.5. The Labute approximate surface area is 112 Å². The van der Waals surface area contributed by atoms with Crippen LogP contribution in [0.4, 0.5) is 11.4 Å². The van der Waals surface area contributed by atoms with Crippen LogP contribution in [0.3, 0.4) is 0 Å². The second-order valence-corrected chi connectivity index (χ2v) is 4.84. The molecule has 0 radical (unpaired) electrons. The molecule has 2 N–H and O–H groups in total. The number of hydrogen-bond acceptors (Lipinski definition) is 5. The summed E-state index contributed by atoms with van der Waals surface area (Å²) in [6.45, 7) is 0. The van der Waals surface area contributed by atoms with Gasteiger partial charge in [0, 0.05) is 11.9 Å². The number of carboxylic acid groups (broad SMARTS) is 1. The number of aromatic nitrogens is 2. The van der Waals surface area contributed by atoms with Gasteiger partial charge in [0.2, 0.25) is 0 Å². The SMILES string of the molecule is O=C(O)c1sc2ncncc2c1Nc1ccccc1. The molecule has 6 heteroatoms. The first-order chi connectivity index (χ1) is 9.25. The number of para-hydroxylation sites is 1. The number of benzene rings is 1. The van der Waals surface area contributed by atoms with E-state index in [-0.39, 0.29) is 4.88 Å². The van der Waals surface area contributed by atoms with Gasteiger partial charge in [0.1, 0.15) is 16.0 Å². The minimum absolute atomic E-state index is 0.236. The van der Waals surface area contributed by atoms with E-state index in [0.717, 1.165) is 17.0 Å². The van der Waals surface area contributed by atoms with E-state index < -0.39 is 5.97 Å². The lowest BCUT2D eigenvalue weighted by atomic mass is 10.2. The van der Waals surface area contributed by atoms with Gasteiger partial charge in [-0.25, -0.2) is 14.8 Å². The first-order valence-corrected chi connectivity index (χ1v) is 6.35. The summed E-state index contributed by atoms with van der Waals surface area (Å²) in [4.78, 5) is 20.2. The fraction of sp³-hybridized carbons (Fsp3) is 0. The zero-order valence-electron chi connectivity index (χ0n) is 9.70. The van der Waals surface area contributed by atoms with Gasteiger partial charge in [0.25, 0.3) is 0 Å². The van der Waals surface area contributed by atoms with Crippen LogP contribution < -0.4 is 5.32 Å². The minimum atomic E-state index is -0.971. The van der Waals surface area contributed by atoms with Crippen molar-refractivity contribution in [2.45, 2.75) is 0 Å². The van der Waals surface area contributed by atoms with Crippen molar-refractivity contribution in [2.24, 2.45) is 0 Å².